The van der Waals surface area contributed by atoms with Crippen molar-refractivity contribution < 1.29 is 9.59 Å². The van der Waals surface area contributed by atoms with Crippen LogP contribution in [0.3, 0.4) is 0 Å². The van der Waals surface area contributed by atoms with E-state index >= 15 is 0 Å². The summed E-state index contributed by atoms with van der Waals surface area (Å²) in [7, 11) is 0. The molecule has 0 aliphatic carbocycles. The lowest BCUT2D eigenvalue weighted by Crippen LogP contribution is -2.44. The van der Waals surface area contributed by atoms with Crippen molar-refractivity contribution in [3.8, 4) is 0 Å². The van der Waals surface area contributed by atoms with Crippen LogP contribution >= 0.6 is 11.6 Å². The van der Waals surface area contributed by atoms with Crippen molar-refractivity contribution >= 4 is 29.1 Å². The maximum atomic E-state index is 12.3. The number of hydrogen-bond acceptors (Lipinski definition) is 2. The third-order valence-electron chi connectivity index (χ3n) is 3.66. The van der Waals surface area contributed by atoms with E-state index in [2.05, 4.69) is 5.32 Å². The number of nitrogens with zero attached hydrogens (tertiary/aromatic N) is 1. The van der Waals surface area contributed by atoms with Gasteiger partial charge in [0.2, 0.25) is 11.8 Å². The summed E-state index contributed by atoms with van der Waals surface area (Å²) in [5, 5.41) is 3.50. The van der Waals surface area contributed by atoms with E-state index in [1.54, 1.807) is 4.90 Å². The molecular weight excluding hydrogens is 300 g/mol. The molecule has 0 saturated carbocycles. The number of benzene rings is 1. The normalized spacial score (nSPS) is 18.7. The van der Waals surface area contributed by atoms with Gasteiger partial charge < -0.3 is 10.2 Å². The Balaban J connectivity index is 2.22. The van der Waals surface area contributed by atoms with Crippen molar-refractivity contribution in [3.05, 3.63) is 28.3 Å². The van der Waals surface area contributed by atoms with Crippen LogP contribution in [-0.2, 0) is 9.59 Å². The fraction of sp³-hybridized carbons (Fsp3) is 0.529. The second kappa shape index (κ2) is 5.92. The molecule has 2 amide bonds. The minimum atomic E-state index is -0.330. The van der Waals surface area contributed by atoms with Crippen molar-refractivity contribution in [1.29, 1.82) is 0 Å². The smallest absolute Gasteiger partial charge is 0.227 e. The van der Waals surface area contributed by atoms with Gasteiger partial charge >= 0.3 is 0 Å². The predicted molar refractivity (Wildman–Crippen MR) is 89.3 cm³/mol. The number of rotatable bonds is 2. The molecule has 22 heavy (non-hydrogen) atoms. The van der Waals surface area contributed by atoms with E-state index in [1.165, 1.54) is 0 Å². The first-order valence-electron chi connectivity index (χ1n) is 7.47. The third-order valence-corrected chi connectivity index (χ3v) is 3.95. The van der Waals surface area contributed by atoms with Gasteiger partial charge in [-0.1, -0.05) is 17.7 Å². The SMILES string of the molecule is Cc1cc(C)c(N2CC(C(=O)NC(C)(C)C)CC2=O)c(Cl)c1. The molecule has 1 heterocycles. The molecule has 0 radical (unpaired) electrons. The highest BCUT2D eigenvalue weighted by molar-refractivity contribution is 6.34. The zero-order chi connectivity index (χ0) is 16.7. The highest BCUT2D eigenvalue weighted by Crippen LogP contribution is 2.35. The third kappa shape index (κ3) is 3.61. The molecule has 1 aromatic carbocycles. The van der Waals surface area contributed by atoms with E-state index < -0.39 is 0 Å². The van der Waals surface area contributed by atoms with Crippen LogP contribution in [0.5, 0.6) is 0 Å². The first-order chi connectivity index (χ1) is 10.1. The lowest BCUT2D eigenvalue weighted by Gasteiger charge is -2.24. The maximum Gasteiger partial charge on any atom is 0.227 e. The Morgan fingerprint density at radius 2 is 1.95 bits per heavy atom. The molecular formula is C17H23ClN2O2. The molecule has 1 atom stereocenters. The number of carbonyl (C=O) groups excluding carboxylic acids is 2. The molecule has 1 saturated heterocycles. The van der Waals surface area contributed by atoms with E-state index in [0.717, 1.165) is 16.8 Å². The van der Waals surface area contributed by atoms with Gasteiger partial charge in [0, 0.05) is 18.5 Å². The van der Waals surface area contributed by atoms with E-state index in [0.29, 0.717) is 11.6 Å². The van der Waals surface area contributed by atoms with Gasteiger partial charge in [-0.05, 0) is 51.8 Å². The molecule has 0 bridgehead atoms. The monoisotopic (exact) mass is 322 g/mol. The van der Waals surface area contributed by atoms with E-state index in [4.69, 9.17) is 11.6 Å². The lowest BCUT2D eigenvalue weighted by molar-refractivity contribution is -0.127. The van der Waals surface area contributed by atoms with Crippen LogP contribution in [0.1, 0.15) is 38.3 Å². The van der Waals surface area contributed by atoms with Gasteiger partial charge in [0.25, 0.3) is 0 Å². The zero-order valence-corrected chi connectivity index (χ0v) is 14.5. The molecule has 1 aliphatic heterocycles. The molecule has 1 aromatic rings. The number of hydrogen-bond donors (Lipinski definition) is 1. The lowest BCUT2D eigenvalue weighted by atomic mass is 10.0. The molecule has 1 unspecified atom stereocenters. The molecule has 4 nitrogen and oxygen atoms in total. The average molecular weight is 323 g/mol. The Morgan fingerprint density at radius 3 is 2.50 bits per heavy atom. The van der Waals surface area contributed by atoms with Crippen molar-refractivity contribution in [2.75, 3.05) is 11.4 Å². The Kier molecular flexibility index (Phi) is 4.52. The first-order valence-corrected chi connectivity index (χ1v) is 7.85. The standard InChI is InChI=1S/C17H23ClN2O2/c1-10-6-11(2)15(13(18)7-10)20-9-12(8-14(20)21)16(22)19-17(3,4)5/h6-7,12H,8-9H2,1-5H3,(H,19,22). The largest absolute Gasteiger partial charge is 0.351 e. The van der Waals surface area contributed by atoms with Crippen molar-refractivity contribution in [3.63, 3.8) is 0 Å². The number of amides is 2. The minimum Gasteiger partial charge on any atom is -0.351 e. The van der Waals surface area contributed by atoms with Crippen LogP contribution in [0.15, 0.2) is 12.1 Å². The molecule has 5 heteroatoms. The van der Waals surface area contributed by atoms with Gasteiger partial charge in [-0.25, -0.2) is 0 Å². The Morgan fingerprint density at radius 1 is 1.32 bits per heavy atom. The number of carbonyl (C=O) groups is 2. The van der Waals surface area contributed by atoms with Gasteiger partial charge in [0.1, 0.15) is 0 Å². The Hall–Kier alpha value is -1.55. The fourth-order valence-corrected chi connectivity index (χ4v) is 3.24. The Labute approximate surface area is 136 Å². The van der Waals surface area contributed by atoms with Crippen LogP contribution in [0, 0.1) is 19.8 Å². The average Bonchev–Trinajstić information content (AvgIpc) is 2.68. The van der Waals surface area contributed by atoms with Gasteiger partial charge in [-0.2, -0.15) is 0 Å². The second-order valence-corrected chi connectivity index (χ2v) is 7.46. The summed E-state index contributed by atoms with van der Waals surface area (Å²) >= 11 is 6.32. The van der Waals surface area contributed by atoms with Gasteiger partial charge in [0.05, 0.1) is 16.6 Å². The van der Waals surface area contributed by atoms with Crippen molar-refractivity contribution in [2.24, 2.45) is 5.92 Å². The maximum absolute atomic E-state index is 12.3. The quantitative estimate of drug-likeness (QED) is 0.908. The molecule has 1 N–H and O–H groups in total. The minimum absolute atomic E-state index is 0.0529. The highest BCUT2D eigenvalue weighted by Gasteiger charge is 2.37. The highest BCUT2D eigenvalue weighted by atomic mass is 35.5. The van der Waals surface area contributed by atoms with Crippen LogP contribution in [0.4, 0.5) is 5.69 Å². The summed E-state index contributed by atoms with van der Waals surface area (Å²) in [6, 6.07) is 3.84. The van der Waals surface area contributed by atoms with Crippen LogP contribution in [-0.4, -0.2) is 23.9 Å². The first kappa shape index (κ1) is 16.8. The van der Waals surface area contributed by atoms with Crippen LogP contribution < -0.4 is 10.2 Å². The fourth-order valence-electron chi connectivity index (χ4n) is 2.82. The summed E-state index contributed by atoms with van der Waals surface area (Å²) in [6.45, 7) is 10.1. The molecule has 1 aliphatic rings. The number of anilines is 1. The molecule has 0 spiro atoms. The zero-order valence-electron chi connectivity index (χ0n) is 13.8. The van der Waals surface area contributed by atoms with E-state index in [-0.39, 0.29) is 29.7 Å². The van der Waals surface area contributed by atoms with E-state index in [1.807, 2.05) is 46.8 Å². The number of nitrogens with one attached hydrogen (secondary N) is 1. The van der Waals surface area contributed by atoms with Crippen molar-refractivity contribution in [1.82, 2.24) is 5.32 Å². The second-order valence-electron chi connectivity index (χ2n) is 7.06. The number of halogens is 1. The summed E-state index contributed by atoms with van der Waals surface area (Å²) in [6.07, 6.45) is 0.228. The van der Waals surface area contributed by atoms with E-state index in [9.17, 15) is 9.59 Å². The van der Waals surface area contributed by atoms with Crippen molar-refractivity contribution in [2.45, 2.75) is 46.6 Å². The van der Waals surface area contributed by atoms with Gasteiger partial charge in [-0.15, -0.1) is 0 Å². The molecule has 0 aromatic heterocycles. The molecule has 120 valence electrons. The molecule has 2 rings (SSSR count). The van der Waals surface area contributed by atoms with Gasteiger partial charge in [0.15, 0.2) is 0 Å². The van der Waals surface area contributed by atoms with Crippen LogP contribution in [0.2, 0.25) is 5.02 Å². The molecule has 1 fully saturated rings. The Bertz CT molecular complexity index is 597. The topological polar surface area (TPSA) is 49.4 Å². The number of aryl methyl sites for hydroxylation is 2. The summed E-state index contributed by atoms with van der Waals surface area (Å²) in [5.74, 6) is -0.462. The predicted octanol–water partition coefficient (Wildman–Crippen LogP) is 3.22. The summed E-state index contributed by atoms with van der Waals surface area (Å²) in [4.78, 5) is 26.3. The van der Waals surface area contributed by atoms with Crippen LogP contribution in [0.25, 0.3) is 0 Å². The van der Waals surface area contributed by atoms with Gasteiger partial charge in [-0.3, -0.25) is 9.59 Å². The summed E-state index contributed by atoms with van der Waals surface area (Å²) < 4.78 is 0. The summed E-state index contributed by atoms with van der Waals surface area (Å²) in [5.41, 5.74) is 2.43.